The average Bonchev–Trinajstić information content (AvgIpc) is 2.83. The number of nitrogens with one attached hydrogen (secondary N) is 1. The second kappa shape index (κ2) is 7.09. The Morgan fingerprint density at radius 2 is 2.07 bits per heavy atom. The molecule has 1 unspecified atom stereocenters. The summed E-state index contributed by atoms with van der Waals surface area (Å²) in [6, 6.07) is 5.16. The first kappa shape index (κ1) is 19.8. The number of hydrogen-bond acceptors (Lipinski definition) is 6. The molecule has 0 bridgehead atoms. The van der Waals surface area contributed by atoms with E-state index in [1.54, 1.807) is 30.5 Å². The second-order valence-electron chi connectivity index (χ2n) is 8.59. The molecule has 1 atom stereocenters. The summed E-state index contributed by atoms with van der Waals surface area (Å²) in [7, 11) is 0. The van der Waals surface area contributed by atoms with Crippen molar-refractivity contribution in [1.29, 1.82) is 0 Å². The van der Waals surface area contributed by atoms with Gasteiger partial charge in [0.15, 0.2) is 0 Å². The summed E-state index contributed by atoms with van der Waals surface area (Å²) in [6.45, 7) is 5.50. The maximum atomic E-state index is 13.4. The third kappa shape index (κ3) is 3.47. The van der Waals surface area contributed by atoms with E-state index < -0.39 is 17.0 Å². The van der Waals surface area contributed by atoms with E-state index in [1.807, 2.05) is 39.0 Å². The first-order chi connectivity index (χ1) is 14.2. The Morgan fingerprint density at radius 1 is 1.27 bits per heavy atom. The van der Waals surface area contributed by atoms with Gasteiger partial charge in [-0.3, -0.25) is 10.2 Å². The number of benzene rings is 1. The summed E-state index contributed by atoms with van der Waals surface area (Å²) in [5.41, 5.74) is 5.62. The molecule has 2 aliphatic carbocycles. The lowest BCUT2D eigenvalue weighted by Crippen LogP contribution is -2.39. The van der Waals surface area contributed by atoms with Gasteiger partial charge in [-0.05, 0) is 74.6 Å². The van der Waals surface area contributed by atoms with Crippen molar-refractivity contribution >= 4 is 17.5 Å². The van der Waals surface area contributed by atoms with Crippen LogP contribution in [-0.2, 0) is 16.0 Å². The lowest BCUT2D eigenvalue weighted by molar-refractivity contribution is -0.162. The summed E-state index contributed by atoms with van der Waals surface area (Å²) in [4.78, 5) is 24.8. The molecule has 7 nitrogen and oxygen atoms in total. The van der Waals surface area contributed by atoms with Crippen LogP contribution in [0.15, 0.2) is 70.3 Å². The third-order valence-electron chi connectivity index (χ3n) is 5.32. The quantitative estimate of drug-likeness (QED) is 0.728. The highest BCUT2D eigenvalue weighted by Gasteiger charge is 2.47. The van der Waals surface area contributed by atoms with Gasteiger partial charge in [-0.2, -0.15) is 0 Å². The van der Waals surface area contributed by atoms with Crippen LogP contribution in [0.25, 0.3) is 5.57 Å². The molecule has 2 N–H and O–H groups in total. The van der Waals surface area contributed by atoms with Gasteiger partial charge < -0.3 is 9.84 Å². The van der Waals surface area contributed by atoms with E-state index in [2.05, 4.69) is 15.8 Å². The van der Waals surface area contributed by atoms with Crippen LogP contribution < -0.4 is 5.43 Å². The summed E-state index contributed by atoms with van der Waals surface area (Å²) in [5.74, 6) is -1.35. The van der Waals surface area contributed by atoms with Crippen molar-refractivity contribution in [2.24, 2.45) is 15.8 Å². The normalized spacial score (nSPS) is 22.0. The van der Waals surface area contributed by atoms with Gasteiger partial charge >= 0.3 is 11.9 Å². The molecular formula is C23H23N3O4. The summed E-state index contributed by atoms with van der Waals surface area (Å²) >= 11 is 0. The van der Waals surface area contributed by atoms with Crippen LogP contribution in [0.4, 0.5) is 0 Å². The van der Waals surface area contributed by atoms with Gasteiger partial charge in [0.1, 0.15) is 11.0 Å². The number of ether oxygens (including phenoxy) is 1. The largest absolute Gasteiger partial charge is 0.478 e. The van der Waals surface area contributed by atoms with E-state index >= 15 is 0 Å². The van der Waals surface area contributed by atoms with Crippen molar-refractivity contribution in [3.05, 3.63) is 76.7 Å². The zero-order chi connectivity index (χ0) is 21.5. The first-order valence-electron chi connectivity index (χ1n) is 9.74. The molecule has 1 aromatic carbocycles. The van der Waals surface area contributed by atoms with Crippen LogP contribution in [0, 0.1) is 5.41 Å². The number of carbonyl (C=O) groups is 2. The fourth-order valence-corrected chi connectivity index (χ4v) is 3.98. The zero-order valence-corrected chi connectivity index (χ0v) is 17.1. The molecule has 0 amide bonds. The smallest absolute Gasteiger partial charge is 0.335 e. The van der Waals surface area contributed by atoms with E-state index in [4.69, 9.17) is 4.74 Å². The molecule has 0 fully saturated rings. The Morgan fingerprint density at radius 3 is 2.80 bits per heavy atom. The highest BCUT2D eigenvalue weighted by Crippen LogP contribution is 2.49. The van der Waals surface area contributed by atoms with Gasteiger partial charge in [-0.15, -0.1) is 5.11 Å². The minimum Gasteiger partial charge on any atom is -0.478 e. The standard InChI is InChI=1S/C23H23N3O4/c1-22(2,3)30-21(29)23(19-5-4-10-24-26-25-19)9-8-17-16(13-23)11-14-6-7-15(20(27)28)12-18(14)17/h4-10,12H,11,13H2,1-3H3,(H,24,25)(H,27,28). The maximum absolute atomic E-state index is 13.4. The molecule has 0 radical (unpaired) electrons. The predicted octanol–water partition coefficient (Wildman–Crippen LogP) is 4.35. The van der Waals surface area contributed by atoms with E-state index in [0.717, 1.165) is 22.3 Å². The van der Waals surface area contributed by atoms with E-state index in [9.17, 15) is 14.7 Å². The number of aromatic carboxylic acids is 1. The van der Waals surface area contributed by atoms with Crippen molar-refractivity contribution in [1.82, 2.24) is 5.43 Å². The molecule has 7 heteroatoms. The SMILES string of the molecule is CC(C)(C)OC(=O)C1(C2=CC=CNN=N2)C=CC2=C(Cc3ccc(C(=O)O)cc32)C1. The van der Waals surface area contributed by atoms with Crippen molar-refractivity contribution in [2.45, 2.75) is 39.2 Å². The third-order valence-corrected chi connectivity index (χ3v) is 5.32. The fourth-order valence-electron chi connectivity index (χ4n) is 3.98. The number of carboxylic acid groups (broad SMARTS) is 1. The molecule has 0 saturated heterocycles. The van der Waals surface area contributed by atoms with Crippen LogP contribution in [0.3, 0.4) is 0 Å². The molecule has 1 heterocycles. The van der Waals surface area contributed by atoms with Crippen LogP contribution >= 0.6 is 0 Å². The van der Waals surface area contributed by atoms with Gasteiger partial charge in [-0.25, -0.2) is 4.79 Å². The van der Waals surface area contributed by atoms with Gasteiger partial charge in [-0.1, -0.05) is 29.0 Å². The number of hydrogen-bond donors (Lipinski definition) is 2. The summed E-state index contributed by atoms with van der Waals surface area (Å²) < 4.78 is 5.77. The molecule has 0 saturated carbocycles. The van der Waals surface area contributed by atoms with Gasteiger partial charge in [0.2, 0.25) is 0 Å². The summed E-state index contributed by atoms with van der Waals surface area (Å²) in [6.07, 6.45) is 9.89. The van der Waals surface area contributed by atoms with Gasteiger partial charge in [0.05, 0.1) is 11.3 Å². The average molecular weight is 405 g/mol. The molecule has 4 rings (SSSR count). The Bertz CT molecular complexity index is 1090. The van der Waals surface area contributed by atoms with Crippen LogP contribution in [0.5, 0.6) is 0 Å². The van der Waals surface area contributed by atoms with Gasteiger partial charge in [0, 0.05) is 6.20 Å². The highest BCUT2D eigenvalue weighted by atomic mass is 16.6. The lowest BCUT2D eigenvalue weighted by Gasteiger charge is -2.34. The molecule has 1 aliphatic heterocycles. The molecular weight excluding hydrogens is 382 g/mol. The van der Waals surface area contributed by atoms with E-state index in [1.165, 1.54) is 0 Å². The number of allylic oxidation sites excluding steroid dienone is 5. The molecule has 0 aromatic heterocycles. The van der Waals surface area contributed by atoms with Crippen molar-refractivity contribution in [2.75, 3.05) is 0 Å². The van der Waals surface area contributed by atoms with Crippen molar-refractivity contribution in [3.63, 3.8) is 0 Å². The maximum Gasteiger partial charge on any atom is 0.335 e. The minimum atomic E-state index is -1.11. The predicted molar refractivity (Wildman–Crippen MR) is 111 cm³/mol. The number of esters is 1. The van der Waals surface area contributed by atoms with Crippen LogP contribution in [0.1, 0.15) is 48.7 Å². The fraction of sp³-hybridized carbons (Fsp3) is 0.304. The zero-order valence-electron chi connectivity index (χ0n) is 17.1. The number of carboxylic acids is 1. The first-order valence-corrected chi connectivity index (χ1v) is 9.74. The molecule has 154 valence electrons. The topological polar surface area (TPSA) is 100 Å². The Balaban J connectivity index is 1.76. The highest BCUT2D eigenvalue weighted by molar-refractivity contribution is 5.94. The Labute approximate surface area is 174 Å². The monoisotopic (exact) mass is 405 g/mol. The number of carbonyl (C=O) groups excluding carboxylic acids is 1. The van der Waals surface area contributed by atoms with Gasteiger partial charge in [0.25, 0.3) is 0 Å². The lowest BCUT2D eigenvalue weighted by atomic mass is 9.73. The van der Waals surface area contributed by atoms with Crippen molar-refractivity contribution < 1.29 is 19.4 Å². The van der Waals surface area contributed by atoms with E-state index in [0.29, 0.717) is 18.5 Å². The molecule has 1 aromatic rings. The number of fused-ring (bicyclic) bond motifs is 2. The molecule has 0 spiro atoms. The second-order valence-corrected chi connectivity index (χ2v) is 8.59. The van der Waals surface area contributed by atoms with Crippen molar-refractivity contribution in [3.8, 4) is 0 Å². The number of nitrogens with zero attached hydrogens (tertiary/aromatic N) is 2. The molecule has 3 aliphatic rings. The summed E-state index contributed by atoms with van der Waals surface area (Å²) in [5, 5.41) is 17.5. The van der Waals surface area contributed by atoms with Crippen LogP contribution in [-0.4, -0.2) is 22.6 Å². The Kier molecular flexibility index (Phi) is 4.68. The van der Waals surface area contributed by atoms with Crippen LogP contribution in [0.2, 0.25) is 0 Å². The van der Waals surface area contributed by atoms with E-state index in [-0.39, 0.29) is 11.5 Å². The number of rotatable bonds is 3. The Hall–Kier alpha value is -3.48. The molecule has 30 heavy (non-hydrogen) atoms. The minimum absolute atomic E-state index is 0.247.